The molecule has 0 bridgehead atoms. The van der Waals surface area contributed by atoms with Crippen molar-refractivity contribution in [3.05, 3.63) is 89.0 Å². The molecule has 1 amide bonds. The average molecular weight is 583 g/mol. The van der Waals surface area contributed by atoms with Crippen LogP contribution >= 0.6 is 0 Å². The predicted molar refractivity (Wildman–Crippen MR) is 139 cm³/mol. The van der Waals surface area contributed by atoms with Crippen LogP contribution in [0.25, 0.3) is 0 Å². The van der Waals surface area contributed by atoms with E-state index in [-0.39, 0.29) is 27.3 Å². The van der Waals surface area contributed by atoms with E-state index in [1.165, 1.54) is 56.3 Å². The summed E-state index contributed by atoms with van der Waals surface area (Å²) in [5, 5.41) is 0. The highest BCUT2D eigenvalue weighted by Crippen LogP contribution is 2.48. The number of carbonyl (C=O) groups excluding carboxylic acids is 1. The van der Waals surface area contributed by atoms with Gasteiger partial charge in [0.05, 0.1) is 4.90 Å². The molecular formula is C26H25F3N2O6S2. The molecule has 1 unspecified atom stereocenters. The van der Waals surface area contributed by atoms with E-state index in [2.05, 4.69) is 0 Å². The second-order valence-electron chi connectivity index (χ2n) is 9.25. The molecule has 0 fully saturated rings. The maximum atomic E-state index is 14.0. The number of rotatable bonds is 6. The lowest BCUT2D eigenvalue weighted by atomic mass is 9.89. The largest absolute Gasteiger partial charge is 0.523 e. The number of fused-ring (bicyclic) bond motifs is 2. The summed E-state index contributed by atoms with van der Waals surface area (Å²) in [6.07, 6.45) is -1.88. The molecule has 0 spiro atoms. The Bertz CT molecular complexity index is 1640. The summed E-state index contributed by atoms with van der Waals surface area (Å²) in [6, 6.07) is 15.1. The number of hydrogen-bond acceptors (Lipinski definition) is 7. The fraction of sp³-hybridized carbons (Fsp3) is 0.269. The Kier molecular flexibility index (Phi) is 7.30. The third-order valence-electron chi connectivity index (χ3n) is 6.27. The van der Waals surface area contributed by atoms with Crippen molar-refractivity contribution in [3.63, 3.8) is 0 Å². The summed E-state index contributed by atoms with van der Waals surface area (Å²) in [4.78, 5) is 15.4. The highest BCUT2D eigenvalue weighted by atomic mass is 32.2. The van der Waals surface area contributed by atoms with E-state index in [1.54, 1.807) is 43.1 Å². The summed E-state index contributed by atoms with van der Waals surface area (Å²) in [6.45, 7) is 4.71. The zero-order valence-corrected chi connectivity index (χ0v) is 22.9. The van der Waals surface area contributed by atoms with Gasteiger partial charge in [-0.25, -0.2) is 16.9 Å². The SMILES string of the molecule is Cc1ccc(S(=O)(=O)N(C(=O)c2cccc3c2C(OS(=O)(=O)C(F)(F)F)c2ccccc2N3C)C(C)C)cc1. The minimum Gasteiger partial charge on any atom is -0.344 e. The molecule has 3 aromatic carbocycles. The summed E-state index contributed by atoms with van der Waals surface area (Å²) in [5.41, 5.74) is -4.88. The van der Waals surface area contributed by atoms with Crippen molar-refractivity contribution in [3.8, 4) is 0 Å². The van der Waals surface area contributed by atoms with E-state index in [1.807, 2.05) is 0 Å². The number of halogens is 3. The van der Waals surface area contributed by atoms with E-state index in [0.29, 0.717) is 9.99 Å². The van der Waals surface area contributed by atoms with E-state index in [9.17, 15) is 34.8 Å². The molecule has 8 nitrogen and oxygen atoms in total. The molecule has 0 N–H and O–H groups in total. The minimum absolute atomic E-state index is 0.0538. The number of alkyl halides is 3. The highest BCUT2D eigenvalue weighted by molar-refractivity contribution is 7.89. The molecule has 3 aromatic rings. The standard InChI is InChI=1S/C26H25F3N2O6S2/c1-16(2)31(38(33,34)18-14-12-17(3)13-15-18)25(32)20-9-7-11-22-23(20)24(37-39(35,36)26(27,28)29)19-8-5-6-10-21(19)30(22)4/h5-16,24H,1-4H3. The quantitative estimate of drug-likeness (QED) is 0.288. The number of aryl methyl sites for hydroxylation is 1. The molecule has 39 heavy (non-hydrogen) atoms. The number of nitrogens with zero attached hydrogens (tertiary/aromatic N) is 2. The van der Waals surface area contributed by atoms with Crippen LogP contribution in [-0.4, -0.2) is 45.6 Å². The number of benzene rings is 3. The number of anilines is 2. The van der Waals surface area contributed by atoms with Crippen molar-refractivity contribution in [1.29, 1.82) is 0 Å². The van der Waals surface area contributed by atoms with Crippen molar-refractivity contribution < 1.29 is 39.0 Å². The van der Waals surface area contributed by atoms with Crippen molar-refractivity contribution in [1.82, 2.24) is 4.31 Å². The molecule has 1 aliphatic heterocycles. The fourth-order valence-corrected chi connectivity index (χ4v) is 6.59. The normalized spacial score (nSPS) is 15.6. The van der Waals surface area contributed by atoms with Crippen LogP contribution < -0.4 is 4.90 Å². The lowest BCUT2D eigenvalue weighted by Gasteiger charge is -2.36. The first-order valence-corrected chi connectivity index (χ1v) is 14.5. The van der Waals surface area contributed by atoms with Gasteiger partial charge in [-0.2, -0.15) is 21.6 Å². The second kappa shape index (κ2) is 9.96. The summed E-state index contributed by atoms with van der Waals surface area (Å²) in [7, 11) is -8.94. The van der Waals surface area contributed by atoms with Crippen LogP contribution in [0.2, 0.25) is 0 Å². The number of hydrogen-bond donors (Lipinski definition) is 0. The van der Waals surface area contributed by atoms with Crippen LogP contribution in [0.5, 0.6) is 0 Å². The summed E-state index contributed by atoms with van der Waals surface area (Å²) < 4.78 is 97.1. The predicted octanol–water partition coefficient (Wildman–Crippen LogP) is 5.27. The van der Waals surface area contributed by atoms with Crippen molar-refractivity contribution in [2.45, 2.75) is 43.3 Å². The number of para-hydroxylation sites is 1. The molecular weight excluding hydrogens is 557 g/mol. The van der Waals surface area contributed by atoms with Gasteiger partial charge in [-0.05, 0) is 51.1 Å². The minimum atomic E-state index is -6.12. The Balaban J connectivity index is 1.94. The molecule has 13 heteroatoms. The van der Waals surface area contributed by atoms with Crippen LogP contribution in [-0.2, 0) is 24.3 Å². The highest BCUT2D eigenvalue weighted by Gasteiger charge is 2.50. The van der Waals surface area contributed by atoms with E-state index >= 15 is 0 Å². The number of carbonyl (C=O) groups is 1. The number of amides is 1. The van der Waals surface area contributed by atoms with Gasteiger partial charge in [0.15, 0.2) is 0 Å². The molecule has 0 aromatic heterocycles. The third-order valence-corrected chi connectivity index (χ3v) is 9.26. The van der Waals surface area contributed by atoms with Gasteiger partial charge >= 0.3 is 15.6 Å². The first kappa shape index (κ1) is 28.6. The van der Waals surface area contributed by atoms with Crippen molar-refractivity contribution >= 4 is 37.4 Å². The van der Waals surface area contributed by atoms with Gasteiger partial charge in [0.2, 0.25) is 0 Å². The average Bonchev–Trinajstić information content (AvgIpc) is 2.85. The fourth-order valence-electron chi connectivity index (χ4n) is 4.45. The molecule has 1 heterocycles. The van der Waals surface area contributed by atoms with Gasteiger partial charge in [0.1, 0.15) is 6.10 Å². The van der Waals surface area contributed by atoms with Crippen molar-refractivity contribution in [2.75, 3.05) is 11.9 Å². The van der Waals surface area contributed by atoms with Gasteiger partial charge in [-0.1, -0.05) is 42.0 Å². The van der Waals surface area contributed by atoms with E-state index < -0.39 is 43.7 Å². The van der Waals surface area contributed by atoms with Crippen LogP contribution in [0.15, 0.2) is 71.6 Å². The smallest absolute Gasteiger partial charge is 0.344 e. The third kappa shape index (κ3) is 5.01. The lowest BCUT2D eigenvalue weighted by Crippen LogP contribution is -2.43. The van der Waals surface area contributed by atoms with Crippen molar-refractivity contribution in [2.24, 2.45) is 0 Å². The van der Waals surface area contributed by atoms with Gasteiger partial charge in [0.25, 0.3) is 15.9 Å². The van der Waals surface area contributed by atoms with Gasteiger partial charge < -0.3 is 4.90 Å². The lowest BCUT2D eigenvalue weighted by molar-refractivity contribution is -0.0563. The molecule has 1 atom stereocenters. The van der Waals surface area contributed by atoms with Crippen LogP contribution in [0, 0.1) is 6.92 Å². The molecule has 0 saturated heterocycles. The van der Waals surface area contributed by atoms with E-state index in [0.717, 1.165) is 5.56 Å². The molecule has 0 aliphatic carbocycles. The van der Waals surface area contributed by atoms with Crippen LogP contribution in [0.3, 0.4) is 0 Å². The zero-order valence-electron chi connectivity index (χ0n) is 21.3. The first-order valence-electron chi connectivity index (χ1n) is 11.7. The Morgan fingerprint density at radius 3 is 2.10 bits per heavy atom. The molecule has 208 valence electrons. The monoisotopic (exact) mass is 582 g/mol. The van der Waals surface area contributed by atoms with E-state index in [4.69, 9.17) is 4.18 Å². The molecule has 1 aliphatic rings. The maximum absolute atomic E-state index is 14.0. The Hall–Kier alpha value is -3.42. The first-order chi connectivity index (χ1) is 18.1. The van der Waals surface area contributed by atoms with Gasteiger partial charge in [-0.15, -0.1) is 0 Å². The molecule has 0 radical (unpaired) electrons. The topological polar surface area (TPSA) is 101 Å². The van der Waals surface area contributed by atoms with Gasteiger partial charge in [0, 0.05) is 41.2 Å². The maximum Gasteiger partial charge on any atom is 0.523 e. The Labute approximate surface area is 224 Å². The number of sulfonamides is 1. The molecule has 0 saturated carbocycles. The summed E-state index contributed by atoms with van der Waals surface area (Å²) in [5.74, 6) is -1.05. The zero-order chi connectivity index (χ0) is 28.9. The Morgan fingerprint density at radius 2 is 1.51 bits per heavy atom. The van der Waals surface area contributed by atoms with Crippen LogP contribution in [0.1, 0.15) is 47.0 Å². The van der Waals surface area contributed by atoms with Gasteiger partial charge in [-0.3, -0.25) is 4.79 Å². The molecule has 4 rings (SSSR count). The summed E-state index contributed by atoms with van der Waals surface area (Å²) >= 11 is 0. The van der Waals surface area contributed by atoms with Crippen LogP contribution in [0.4, 0.5) is 24.5 Å². The Morgan fingerprint density at radius 1 is 0.923 bits per heavy atom. The second-order valence-corrected chi connectivity index (χ2v) is 12.6.